The van der Waals surface area contributed by atoms with E-state index < -0.39 is 0 Å². The van der Waals surface area contributed by atoms with Crippen molar-refractivity contribution in [1.29, 1.82) is 0 Å². The van der Waals surface area contributed by atoms with E-state index in [9.17, 15) is 4.79 Å². The second-order valence-corrected chi connectivity index (χ2v) is 8.24. The van der Waals surface area contributed by atoms with Crippen LogP contribution >= 0.6 is 11.3 Å². The Morgan fingerprint density at radius 1 is 1.21 bits per heavy atom. The highest BCUT2D eigenvalue weighted by molar-refractivity contribution is 7.17. The molecule has 0 N–H and O–H groups in total. The van der Waals surface area contributed by atoms with Gasteiger partial charge in [-0.05, 0) is 51.1 Å². The molecule has 1 aliphatic rings. The average Bonchev–Trinajstić information content (AvgIpc) is 3.15. The molecule has 0 spiro atoms. The monoisotopic (exact) mass is 417 g/mol. The summed E-state index contributed by atoms with van der Waals surface area (Å²) >= 11 is 1.43. The Morgan fingerprint density at radius 3 is 2.48 bits per heavy atom. The van der Waals surface area contributed by atoms with Crippen LogP contribution in [0.3, 0.4) is 0 Å². The lowest BCUT2D eigenvalue weighted by molar-refractivity contribution is 0.0635. The molecule has 1 amide bonds. The van der Waals surface area contributed by atoms with Crippen molar-refractivity contribution in [3.8, 4) is 22.1 Å². The quantitative estimate of drug-likeness (QED) is 0.679. The Balaban J connectivity index is 1.78. The number of nitrogens with zero attached hydrogens (tertiary/aromatic N) is 3. The molecule has 1 aromatic heterocycles. The Morgan fingerprint density at radius 2 is 1.90 bits per heavy atom. The van der Waals surface area contributed by atoms with Gasteiger partial charge in [-0.3, -0.25) is 4.79 Å². The SMILES string of the molecule is CCN(CC)C1CCN(C(=O)c2sc(-c3cc(OC)ccc3OC)nc2C)CC1. The van der Waals surface area contributed by atoms with Crippen LogP contribution < -0.4 is 9.47 Å². The van der Waals surface area contributed by atoms with E-state index in [0.717, 1.165) is 66.8 Å². The number of hydrogen-bond acceptors (Lipinski definition) is 6. The molecule has 2 aromatic rings. The van der Waals surface area contributed by atoms with Crippen molar-refractivity contribution in [2.45, 2.75) is 39.7 Å². The first kappa shape index (κ1) is 21.6. The predicted molar refractivity (Wildman–Crippen MR) is 117 cm³/mol. The zero-order valence-corrected chi connectivity index (χ0v) is 18.8. The standard InChI is InChI=1S/C22H31N3O3S/c1-6-24(7-2)16-10-12-25(13-11-16)22(26)20-15(3)23-21(29-20)18-14-17(27-4)8-9-19(18)28-5/h8-9,14,16H,6-7,10-13H2,1-5H3. The van der Waals surface area contributed by atoms with Gasteiger partial charge in [0.2, 0.25) is 0 Å². The predicted octanol–water partition coefficient (Wildman–Crippen LogP) is 4.08. The van der Waals surface area contributed by atoms with Gasteiger partial charge >= 0.3 is 0 Å². The highest BCUT2D eigenvalue weighted by Crippen LogP contribution is 2.37. The zero-order valence-electron chi connectivity index (χ0n) is 18.0. The minimum atomic E-state index is 0.0890. The van der Waals surface area contributed by atoms with E-state index in [1.807, 2.05) is 30.0 Å². The Labute approximate surface area is 177 Å². The molecule has 0 saturated carbocycles. The van der Waals surface area contributed by atoms with Crippen molar-refractivity contribution in [2.75, 3.05) is 40.4 Å². The fraction of sp³-hybridized carbons (Fsp3) is 0.545. The summed E-state index contributed by atoms with van der Waals surface area (Å²) < 4.78 is 10.8. The first-order chi connectivity index (χ1) is 14.0. The van der Waals surface area contributed by atoms with Crippen molar-refractivity contribution >= 4 is 17.2 Å². The van der Waals surface area contributed by atoms with Crippen LogP contribution in [0.1, 0.15) is 42.1 Å². The minimum absolute atomic E-state index is 0.0890. The van der Waals surface area contributed by atoms with Gasteiger partial charge in [-0.15, -0.1) is 11.3 Å². The van der Waals surface area contributed by atoms with Crippen LogP contribution in [0.25, 0.3) is 10.6 Å². The first-order valence-corrected chi connectivity index (χ1v) is 11.1. The van der Waals surface area contributed by atoms with Crippen LogP contribution in [0, 0.1) is 6.92 Å². The number of ether oxygens (including phenoxy) is 2. The lowest BCUT2D eigenvalue weighted by atomic mass is 10.0. The summed E-state index contributed by atoms with van der Waals surface area (Å²) in [7, 11) is 3.27. The van der Waals surface area contributed by atoms with Crippen LogP contribution in [0.4, 0.5) is 0 Å². The molecule has 1 aromatic carbocycles. The normalized spacial score (nSPS) is 15.0. The molecule has 1 aliphatic heterocycles. The van der Waals surface area contributed by atoms with Crippen molar-refractivity contribution in [1.82, 2.24) is 14.8 Å². The van der Waals surface area contributed by atoms with E-state index in [1.54, 1.807) is 14.2 Å². The van der Waals surface area contributed by atoms with Gasteiger partial charge in [0.25, 0.3) is 5.91 Å². The molecular formula is C22H31N3O3S. The van der Waals surface area contributed by atoms with Gasteiger partial charge in [-0.1, -0.05) is 13.8 Å². The summed E-state index contributed by atoms with van der Waals surface area (Å²) in [6.45, 7) is 10.0. The summed E-state index contributed by atoms with van der Waals surface area (Å²) in [5.74, 6) is 1.55. The van der Waals surface area contributed by atoms with E-state index in [2.05, 4.69) is 23.7 Å². The number of aryl methyl sites for hydroxylation is 1. The minimum Gasteiger partial charge on any atom is -0.497 e. The zero-order chi connectivity index (χ0) is 21.0. The molecule has 3 rings (SSSR count). The van der Waals surface area contributed by atoms with Crippen LogP contribution in [0.5, 0.6) is 11.5 Å². The van der Waals surface area contributed by atoms with Gasteiger partial charge in [0.05, 0.1) is 25.5 Å². The third-order valence-electron chi connectivity index (χ3n) is 5.71. The summed E-state index contributed by atoms with van der Waals surface area (Å²) in [5, 5.41) is 0.777. The molecule has 0 atom stereocenters. The fourth-order valence-corrected chi connectivity index (χ4v) is 5.06. The highest BCUT2D eigenvalue weighted by atomic mass is 32.1. The summed E-state index contributed by atoms with van der Waals surface area (Å²) in [4.78, 5) is 23.0. The van der Waals surface area contributed by atoms with Crippen molar-refractivity contribution in [3.05, 3.63) is 28.8 Å². The van der Waals surface area contributed by atoms with Crippen LogP contribution in [0.2, 0.25) is 0 Å². The van der Waals surface area contributed by atoms with E-state index in [0.29, 0.717) is 10.9 Å². The van der Waals surface area contributed by atoms with Gasteiger partial charge in [-0.2, -0.15) is 0 Å². The van der Waals surface area contributed by atoms with Gasteiger partial charge in [0.1, 0.15) is 21.4 Å². The summed E-state index contributed by atoms with van der Waals surface area (Å²) in [6, 6.07) is 6.20. The molecule has 158 valence electrons. The van der Waals surface area contributed by atoms with Gasteiger partial charge in [-0.25, -0.2) is 4.98 Å². The third-order valence-corrected chi connectivity index (χ3v) is 6.89. The molecule has 7 heteroatoms. The van der Waals surface area contributed by atoms with Crippen LogP contribution in [-0.2, 0) is 0 Å². The second kappa shape index (κ2) is 9.59. The number of carbonyl (C=O) groups excluding carboxylic acids is 1. The smallest absolute Gasteiger partial charge is 0.265 e. The lowest BCUT2D eigenvalue weighted by Crippen LogP contribution is -2.46. The number of thiazole rings is 1. The summed E-state index contributed by atoms with van der Waals surface area (Å²) in [5.41, 5.74) is 1.62. The number of amides is 1. The molecule has 0 radical (unpaired) electrons. The van der Waals surface area contributed by atoms with Crippen LogP contribution in [0.15, 0.2) is 18.2 Å². The molecule has 2 heterocycles. The maximum absolute atomic E-state index is 13.2. The van der Waals surface area contributed by atoms with Crippen molar-refractivity contribution in [3.63, 3.8) is 0 Å². The molecule has 0 aliphatic carbocycles. The molecule has 0 unspecified atom stereocenters. The molecule has 1 saturated heterocycles. The number of likely N-dealkylation sites (tertiary alicyclic amines) is 1. The highest BCUT2D eigenvalue weighted by Gasteiger charge is 2.28. The number of aromatic nitrogens is 1. The maximum Gasteiger partial charge on any atom is 0.265 e. The fourth-order valence-electron chi connectivity index (χ4n) is 4.01. The Kier molecular flexibility index (Phi) is 7.14. The first-order valence-electron chi connectivity index (χ1n) is 10.2. The Hall–Kier alpha value is -2.12. The maximum atomic E-state index is 13.2. The van der Waals surface area contributed by atoms with E-state index in [-0.39, 0.29) is 5.91 Å². The van der Waals surface area contributed by atoms with Gasteiger partial charge in [0, 0.05) is 19.1 Å². The number of piperidine rings is 1. The van der Waals surface area contributed by atoms with Crippen molar-refractivity contribution < 1.29 is 14.3 Å². The number of benzene rings is 1. The number of rotatable bonds is 7. The number of hydrogen-bond donors (Lipinski definition) is 0. The molecule has 6 nitrogen and oxygen atoms in total. The van der Waals surface area contributed by atoms with E-state index in [1.165, 1.54) is 11.3 Å². The van der Waals surface area contributed by atoms with E-state index in [4.69, 9.17) is 9.47 Å². The van der Waals surface area contributed by atoms with Gasteiger partial charge < -0.3 is 19.3 Å². The molecular weight excluding hydrogens is 386 g/mol. The molecule has 1 fully saturated rings. The van der Waals surface area contributed by atoms with Crippen LogP contribution in [-0.4, -0.2) is 67.1 Å². The topological polar surface area (TPSA) is 54.9 Å². The molecule has 29 heavy (non-hydrogen) atoms. The van der Waals surface area contributed by atoms with E-state index >= 15 is 0 Å². The Bertz CT molecular complexity index is 840. The second-order valence-electron chi connectivity index (χ2n) is 7.24. The largest absolute Gasteiger partial charge is 0.497 e. The van der Waals surface area contributed by atoms with Gasteiger partial charge in [0.15, 0.2) is 0 Å². The third kappa shape index (κ3) is 4.56. The molecule has 0 bridgehead atoms. The number of methoxy groups -OCH3 is 2. The lowest BCUT2D eigenvalue weighted by Gasteiger charge is -2.37. The summed E-state index contributed by atoms with van der Waals surface area (Å²) in [6.07, 6.45) is 2.06. The van der Waals surface area contributed by atoms with Crippen molar-refractivity contribution in [2.24, 2.45) is 0 Å². The average molecular weight is 418 g/mol. The number of carbonyl (C=O) groups is 1.